The number of carbonyl (C=O) groups excluding carboxylic acids is 2. The first-order valence-corrected chi connectivity index (χ1v) is 8.02. The van der Waals surface area contributed by atoms with Gasteiger partial charge in [-0.25, -0.2) is 8.42 Å². The van der Waals surface area contributed by atoms with Gasteiger partial charge in [-0.1, -0.05) is 0 Å². The maximum absolute atomic E-state index is 11.6. The van der Waals surface area contributed by atoms with Crippen LogP contribution in [0, 0.1) is 0 Å². The molecule has 1 aromatic heterocycles. The van der Waals surface area contributed by atoms with Crippen LogP contribution >= 0.6 is 0 Å². The summed E-state index contributed by atoms with van der Waals surface area (Å²) in [7, 11) is -2.06. The van der Waals surface area contributed by atoms with E-state index in [1.165, 1.54) is 13.2 Å². The van der Waals surface area contributed by atoms with Crippen LogP contribution in [-0.4, -0.2) is 62.5 Å². The van der Waals surface area contributed by atoms with Gasteiger partial charge in [0.05, 0.1) is 18.4 Å². The normalized spacial score (nSPS) is 11.2. The van der Waals surface area contributed by atoms with E-state index in [1.807, 2.05) is 0 Å². The number of amides is 2. The minimum Gasteiger partial charge on any atom is -0.353 e. The predicted octanol–water partition coefficient (Wildman–Crippen LogP) is -1.18. The van der Waals surface area contributed by atoms with Gasteiger partial charge in [-0.2, -0.15) is 4.31 Å². The Kier molecular flexibility index (Phi) is 6.25. The van der Waals surface area contributed by atoms with E-state index in [2.05, 4.69) is 15.6 Å². The molecule has 1 rings (SSSR count). The topological polar surface area (TPSA) is 108 Å². The smallest absolute Gasteiger partial charge is 0.252 e. The van der Waals surface area contributed by atoms with Crippen LogP contribution in [0.15, 0.2) is 24.5 Å². The molecule has 21 heavy (non-hydrogen) atoms. The Bertz CT molecular complexity index is 589. The zero-order valence-corrected chi connectivity index (χ0v) is 12.7. The minimum atomic E-state index is -3.38. The molecule has 1 aromatic rings. The second kappa shape index (κ2) is 7.70. The van der Waals surface area contributed by atoms with Crippen molar-refractivity contribution in [2.45, 2.75) is 0 Å². The molecular formula is C12H18N4O4S. The fourth-order valence-corrected chi connectivity index (χ4v) is 1.70. The van der Waals surface area contributed by atoms with Gasteiger partial charge in [-0.15, -0.1) is 0 Å². The van der Waals surface area contributed by atoms with Crippen molar-refractivity contribution < 1.29 is 18.0 Å². The molecule has 0 unspecified atom stereocenters. The number of hydrogen-bond donors (Lipinski definition) is 2. The molecule has 0 spiro atoms. The summed E-state index contributed by atoms with van der Waals surface area (Å²) in [6, 6.07) is 3.28. The fraction of sp³-hybridized carbons (Fsp3) is 0.417. The lowest BCUT2D eigenvalue weighted by Gasteiger charge is -2.13. The summed E-state index contributed by atoms with van der Waals surface area (Å²) in [4.78, 5) is 26.9. The zero-order chi connectivity index (χ0) is 15.9. The highest BCUT2D eigenvalue weighted by atomic mass is 32.2. The Balaban J connectivity index is 2.25. The SMILES string of the molecule is CN(CC(=O)NCCNC(=O)c1cccnc1)S(C)(=O)=O. The van der Waals surface area contributed by atoms with Crippen LogP contribution in [0.2, 0.25) is 0 Å². The van der Waals surface area contributed by atoms with Crippen LogP contribution < -0.4 is 10.6 Å². The first-order chi connectivity index (χ1) is 9.80. The summed E-state index contributed by atoms with van der Waals surface area (Å²) in [5.41, 5.74) is 0.431. The molecule has 0 saturated carbocycles. The van der Waals surface area contributed by atoms with Crippen LogP contribution in [0.1, 0.15) is 10.4 Å². The lowest BCUT2D eigenvalue weighted by molar-refractivity contribution is -0.121. The monoisotopic (exact) mass is 314 g/mol. The number of likely N-dealkylation sites (N-methyl/N-ethyl adjacent to an activating group) is 1. The largest absolute Gasteiger partial charge is 0.353 e. The Morgan fingerprint density at radius 2 is 1.95 bits per heavy atom. The molecular weight excluding hydrogens is 296 g/mol. The molecule has 0 fully saturated rings. The Hall–Kier alpha value is -2.00. The number of carbonyl (C=O) groups is 2. The van der Waals surface area contributed by atoms with E-state index in [1.54, 1.807) is 18.3 Å². The first kappa shape index (κ1) is 17.1. The van der Waals surface area contributed by atoms with Gasteiger partial charge >= 0.3 is 0 Å². The van der Waals surface area contributed by atoms with Gasteiger partial charge in [-0.05, 0) is 12.1 Å². The maximum atomic E-state index is 11.6. The Morgan fingerprint density at radius 1 is 1.29 bits per heavy atom. The predicted molar refractivity (Wildman–Crippen MR) is 77.1 cm³/mol. The molecule has 1 heterocycles. The number of rotatable bonds is 7. The first-order valence-electron chi connectivity index (χ1n) is 6.17. The highest BCUT2D eigenvalue weighted by Gasteiger charge is 2.14. The molecule has 9 heteroatoms. The average molecular weight is 314 g/mol. The molecule has 2 amide bonds. The Labute approximate surface area is 123 Å². The van der Waals surface area contributed by atoms with Crippen molar-refractivity contribution in [1.82, 2.24) is 19.9 Å². The molecule has 0 saturated heterocycles. The van der Waals surface area contributed by atoms with E-state index in [0.717, 1.165) is 10.6 Å². The highest BCUT2D eigenvalue weighted by molar-refractivity contribution is 7.88. The molecule has 0 atom stereocenters. The summed E-state index contributed by atoms with van der Waals surface area (Å²) in [5.74, 6) is -0.718. The number of pyridine rings is 1. The summed E-state index contributed by atoms with van der Waals surface area (Å²) in [6.45, 7) is 0.194. The average Bonchev–Trinajstić information content (AvgIpc) is 2.43. The second-order valence-corrected chi connectivity index (χ2v) is 6.46. The summed E-state index contributed by atoms with van der Waals surface area (Å²) in [5, 5.41) is 5.13. The van der Waals surface area contributed by atoms with Crippen molar-refractivity contribution >= 4 is 21.8 Å². The minimum absolute atomic E-state index is 0.211. The van der Waals surface area contributed by atoms with Crippen molar-refractivity contribution in [1.29, 1.82) is 0 Å². The summed E-state index contributed by atoms with van der Waals surface area (Å²) >= 11 is 0. The highest BCUT2D eigenvalue weighted by Crippen LogP contribution is 1.94. The molecule has 0 aliphatic rings. The standard InChI is InChI=1S/C12H18N4O4S/c1-16(21(2,19)20)9-11(17)14-6-7-15-12(18)10-4-3-5-13-8-10/h3-5,8H,6-7,9H2,1-2H3,(H,14,17)(H,15,18). The third-order valence-electron chi connectivity index (χ3n) is 2.59. The number of nitrogens with one attached hydrogen (secondary N) is 2. The summed E-state index contributed by atoms with van der Waals surface area (Å²) < 4.78 is 23.2. The van der Waals surface area contributed by atoms with E-state index in [0.29, 0.717) is 5.56 Å². The maximum Gasteiger partial charge on any atom is 0.252 e. The molecule has 0 aromatic carbocycles. The van der Waals surface area contributed by atoms with E-state index in [4.69, 9.17) is 0 Å². The van der Waals surface area contributed by atoms with Crippen molar-refractivity contribution in [2.75, 3.05) is 32.9 Å². The van der Waals surface area contributed by atoms with E-state index in [9.17, 15) is 18.0 Å². The molecule has 0 bridgehead atoms. The molecule has 2 N–H and O–H groups in total. The van der Waals surface area contributed by atoms with Gasteiger partial charge < -0.3 is 10.6 Å². The number of nitrogens with zero attached hydrogens (tertiary/aromatic N) is 2. The van der Waals surface area contributed by atoms with E-state index in [-0.39, 0.29) is 25.5 Å². The van der Waals surface area contributed by atoms with Crippen LogP contribution in [-0.2, 0) is 14.8 Å². The molecule has 0 aliphatic heterocycles. The number of aromatic nitrogens is 1. The number of hydrogen-bond acceptors (Lipinski definition) is 5. The van der Waals surface area contributed by atoms with Gasteiger partial charge in [-0.3, -0.25) is 14.6 Å². The van der Waals surface area contributed by atoms with Crippen LogP contribution in [0.25, 0.3) is 0 Å². The van der Waals surface area contributed by atoms with Gasteiger partial charge in [0.2, 0.25) is 15.9 Å². The van der Waals surface area contributed by atoms with Crippen molar-refractivity contribution in [2.24, 2.45) is 0 Å². The molecule has 8 nitrogen and oxygen atoms in total. The fourth-order valence-electron chi connectivity index (χ4n) is 1.35. The van der Waals surface area contributed by atoms with Gasteiger partial charge in [0, 0.05) is 32.5 Å². The van der Waals surface area contributed by atoms with E-state index < -0.39 is 15.9 Å². The van der Waals surface area contributed by atoms with Crippen LogP contribution in [0.5, 0.6) is 0 Å². The summed E-state index contributed by atoms with van der Waals surface area (Å²) in [6.07, 6.45) is 4.03. The van der Waals surface area contributed by atoms with Gasteiger partial charge in [0.15, 0.2) is 0 Å². The lowest BCUT2D eigenvalue weighted by Crippen LogP contribution is -2.41. The lowest BCUT2D eigenvalue weighted by atomic mass is 10.3. The third-order valence-corrected chi connectivity index (χ3v) is 3.85. The quantitative estimate of drug-likeness (QED) is 0.616. The number of sulfonamides is 1. The van der Waals surface area contributed by atoms with Crippen molar-refractivity contribution in [3.05, 3.63) is 30.1 Å². The third kappa shape index (κ3) is 6.32. The Morgan fingerprint density at radius 3 is 2.52 bits per heavy atom. The second-order valence-electron chi connectivity index (χ2n) is 4.37. The van der Waals surface area contributed by atoms with E-state index >= 15 is 0 Å². The van der Waals surface area contributed by atoms with Gasteiger partial charge in [0.25, 0.3) is 5.91 Å². The van der Waals surface area contributed by atoms with Crippen molar-refractivity contribution in [3.63, 3.8) is 0 Å². The van der Waals surface area contributed by atoms with Crippen molar-refractivity contribution in [3.8, 4) is 0 Å². The van der Waals surface area contributed by atoms with Crippen LogP contribution in [0.4, 0.5) is 0 Å². The van der Waals surface area contributed by atoms with Crippen LogP contribution in [0.3, 0.4) is 0 Å². The zero-order valence-electron chi connectivity index (χ0n) is 11.9. The molecule has 0 radical (unpaired) electrons. The molecule has 116 valence electrons. The molecule has 0 aliphatic carbocycles. The van der Waals surface area contributed by atoms with Gasteiger partial charge in [0.1, 0.15) is 0 Å².